The number of hydrogen-bond donors (Lipinski definition) is 2. The van der Waals surface area contributed by atoms with E-state index in [2.05, 4.69) is 5.32 Å². The van der Waals surface area contributed by atoms with Gasteiger partial charge in [-0.05, 0) is 23.4 Å². The van der Waals surface area contributed by atoms with Crippen molar-refractivity contribution in [2.24, 2.45) is 0 Å². The van der Waals surface area contributed by atoms with Crippen molar-refractivity contribution in [3.05, 3.63) is 72.3 Å². The Morgan fingerprint density at radius 3 is 2.45 bits per heavy atom. The van der Waals surface area contributed by atoms with Crippen molar-refractivity contribution < 1.29 is 9.90 Å². The fourth-order valence-corrected chi connectivity index (χ4v) is 2.47. The molecule has 0 aliphatic heterocycles. The summed E-state index contributed by atoms with van der Waals surface area (Å²) in [5, 5.41) is 14.7. The van der Waals surface area contributed by atoms with Gasteiger partial charge in [0.15, 0.2) is 0 Å². The van der Waals surface area contributed by atoms with Gasteiger partial charge >= 0.3 is 0 Å². The third-order valence-electron chi connectivity index (χ3n) is 3.66. The fraction of sp³-hybridized carbons (Fsp3) is 0.105. The summed E-state index contributed by atoms with van der Waals surface area (Å²) in [6.45, 7) is 0. The van der Waals surface area contributed by atoms with Crippen molar-refractivity contribution in [3.63, 3.8) is 0 Å². The third kappa shape index (κ3) is 3.09. The fourth-order valence-electron chi connectivity index (χ4n) is 2.47. The molecule has 1 amide bonds. The van der Waals surface area contributed by atoms with Crippen molar-refractivity contribution >= 4 is 22.4 Å². The molecule has 3 nitrogen and oxygen atoms in total. The normalized spacial score (nSPS) is 10.5. The van der Waals surface area contributed by atoms with Gasteiger partial charge in [-0.25, -0.2) is 0 Å². The van der Waals surface area contributed by atoms with Crippen LogP contribution in [0, 0.1) is 0 Å². The van der Waals surface area contributed by atoms with E-state index >= 15 is 0 Å². The Labute approximate surface area is 129 Å². The van der Waals surface area contributed by atoms with Crippen LogP contribution in [0.15, 0.2) is 66.7 Å². The number of anilines is 1. The molecule has 0 atom stereocenters. The maximum Gasteiger partial charge on any atom is 0.224 e. The Kier molecular flexibility index (Phi) is 4.05. The van der Waals surface area contributed by atoms with Gasteiger partial charge < -0.3 is 10.4 Å². The standard InChI is InChI=1S/C19H17NO2/c21-18(13-10-14-6-2-1-3-7-14)20-17-12-11-15-8-4-5-9-16(15)19(17)22/h1-9,11-12,22H,10,13H2,(H,20,21). The average molecular weight is 291 g/mol. The van der Waals surface area contributed by atoms with E-state index in [1.54, 1.807) is 6.07 Å². The molecular formula is C19H17NO2. The van der Waals surface area contributed by atoms with Crippen LogP contribution in [0.2, 0.25) is 0 Å². The van der Waals surface area contributed by atoms with Gasteiger partial charge in [-0.15, -0.1) is 0 Å². The van der Waals surface area contributed by atoms with Crippen LogP contribution in [0.4, 0.5) is 5.69 Å². The number of amides is 1. The number of nitrogens with one attached hydrogen (secondary N) is 1. The van der Waals surface area contributed by atoms with Gasteiger partial charge in [0.25, 0.3) is 0 Å². The quantitative estimate of drug-likeness (QED) is 0.710. The van der Waals surface area contributed by atoms with Crippen LogP contribution in [-0.4, -0.2) is 11.0 Å². The Morgan fingerprint density at radius 2 is 1.64 bits per heavy atom. The minimum absolute atomic E-state index is 0.102. The van der Waals surface area contributed by atoms with E-state index in [0.29, 0.717) is 18.5 Å². The topological polar surface area (TPSA) is 49.3 Å². The smallest absolute Gasteiger partial charge is 0.224 e. The van der Waals surface area contributed by atoms with E-state index in [1.165, 1.54) is 0 Å². The van der Waals surface area contributed by atoms with Crippen LogP contribution >= 0.6 is 0 Å². The van der Waals surface area contributed by atoms with E-state index in [0.717, 1.165) is 16.3 Å². The summed E-state index contributed by atoms with van der Waals surface area (Å²) in [7, 11) is 0. The largest absolute Gasteiger partial charge is 0.505 e. The lowest BCUT2D eigenvalue weighted by Gasteiger charge is -2.09. The summed E-state index contributed by atoms with van der Waals surface area (Å²) in [5.74, 6) is 0.0144. The van der Waals surface area contributed by atoms with Gasteiger partial charge in [0.05, 0.1) is 5.69 Å². The van der Waals surface area contributed by atoms with Crippen LogP contribution in [-0.2, 0) is 11.2 Å². The molecule has 0 aliphatic rings. The molecule has 0 saturated heterocycles. The third-order valence-corrected chi connectivity index (χ3v) is 3.66. The first-order chi connectivity index (χ1) is 10.7. The summed E-state index contributed by atoms with van der Waals surface area (Å²) in [6, 6.07) is 21.0. The number of aryl methyl sites for hydroxylation is 1. The molecule has 0 unspecified atom stereocenters. The molecule has 22 heavy (non-hydrogen) atoms. The molecular weight excluding hydrogens is 274 g/mol. The zero-order valence-electron chi connectivity index (χ0n) is 12.1. The monoisotopic (exact) mass is 291 g/mol. The number of phenolic OH excluding ortho intramolecular Hbond substituents is 1. The lowest BCUT2D eigenvalue weighted by Crippen LogP contribution is -2.12. The first-order valence-corrected chi connectivity index (χ1v) is 7.28. The highest BCUT2D eigenvalue weighted by Crippen LogP contribution is 2.32. The van der Waals surface area contributed by atoms with Crippen molar-refractivity contribution in [3.8, 4) is 5.75 Å². The first-order valence-electron chi connectivity index (χ1n) is 7.28. The van der Waals surface area contributed by atoms with Crippen molar-refractivity contribution in [2.45, 2.75) is 12.8 Å². The Balaban J connectivity index is 1.70. The molecule has 0 spiro atoms. The van der Waals surface area contributed by atoms with E-state index in [-0.39, 0.29) is 11.7 Å². The van der Waals surface area contributed by atoms with Gasteiger partial charge in [-0.3, -0.25) is 4.79 Å². The van der Waals surface area contributed by atoms with E-state index in [1.807, 2.05) is 60.7 Å². The summed E-state index contributed by atoms with van der Waals surface area (Å²) in [5.41, 5.74) is 1.58. The highest BCUT2D eigenvalue weighted by molar-refractivity contribution is 5.99. The number of aromatic hydroxyl groups is 1. The van der Waals surface area contributed by atoms with Crippen molar-refractivity contribution in [2.75, 3.05) is 5.32 Å². The van der Waals surface area contributed by atoms with Crippen molar-refractivity contribution in [1.82, 2.24) is 0 Å². The Morgan fingerprint density at radius 1 is 0.909 bits per heavy atom. The minimum Gasteiger partial charge on any atom is -0.505 e. The Bertz CT molecular complexity index is 797. The number of fused-ring (bicyclic) bond motifs is 1. The second-order valence-corrected chi connectivity index (χ2v) is 5.22. The molecule has 0 saturated carbocycles. The summed E-state index contributed by atoms with van der Waals surface area (Å²) in [6.07, 6.45) is 1.07. The predicted molar refractivity (Wildman–Crippen MR) is 89.0 cm³/mol. The lowest BCUT2D eigenvalue weighted by molar-refractivity contribution is -0.116. The molecule has 110 valence electrons. The number of hydrogen-bond acceptors (Lipinski definition) is 2. The summed E-state index contributed by atoms with van der Waals surface area (Å²) < 4.78 is 0. The zero-order chi connectivity index (χ0) is 15.4. The molecule has 3 heteroatoms. The van der Waals surface area contributed by atoms with E-state index in [9.17, 15) is 9.90 Å². The Hall–Kier alpha value is -2.81. The van der Waals surface area contributed by atoms with Gasteiger partial charge in [-0.1, -0.05) is 60.7 Å². The second-order valence-electron chi connectivity index (χ2n) is 5.22. The number of carbonyl (C=O) groups is 1. The van der Waals surface area contributed by atoms with E-state index in [4.69, 9.17) is 0 Å². The van der Waals surface area contributed by atoms with E-state index < -0.39 is 0 Å². The van der Waals surface area contributed by atoms with Crippen LogP contribution in [0.1, 0.15) is 12.0 Å². The molecule has 0 radical (unpaired) electrons. The molecule has 3 rings (SSSR count). The minimum atomic E-state index is -0.102. The van der Waals surface area contributed by atoms with Gasteiger partial charge in [0, 0.05) is 11.8 Å². The number of benzene rings is 3. The number of phenols is 1. The summed E-state index contributed by atoms with van der Waals surface area (Å²) in [4.78, 5) is 12.1. The van der Waals surface area contributed by atoms with Gasteiger partial charge in [0.1, 0.15) is 5.75 Å². The molecule has 3 aromatic rings. The molecule has 3 aromatic carbocycles. The predicted octanol–water partition coefficient (Wildman–Crippen LogP) is 4.12. The number of rotatable bonds is 4. The molecule has 0 aromatic heterocycles. The lowest BCUT2D eigenvalue weighted by atomic mass is 10.1. The average Bonchev–Trinajstić information content (AvgIpc) is 2.57. The second kappa shape index (κ2) is 6.31. The van der Waals surface area contributed by atoms with Crippen LogP contribution in [0.3, 0.4) is 0 Å². The maximum absolute atomic E-state index is 12.1. The number of carbonyl (C=O) groups excluding carboxylic acids is 1. The molecule has 0 fully saturated rings. The van der Waals surface area contributed by atoms with Crippen molar-refractivity contribution in [1.29, 1.82) is 0 Å². The molecule has 2 N–H and O–H groups in total. The molecule has 0 heterocycles. The SMILES string of the molecule is O=C(CCc1ccccc1)Nc1ccc2ccccc2c1O. The van der Waals surface area contributed by atoms with Crippen LogP contribution in [0.25, 0.3) is 10.8 Å². The van der Waals surface area contributed by atoms with Crippen LogP contribution in [0.5, 0.6) is 5.75 Å². The van der Waals surface area contributed by atoms with Gasteiger partial charge in [-0.2, -0.15) is 0 Å². The molecule has 0 bridgehead atoms. The first kappa shape index (κ1) is 14.1. The summed E-state index contributed by atoms with van der Waals surface area (Å²) >= 11 is 0. The maximum atomic E-state index is 12.1. The highest BCUT2D eigenvalue weighted by Gasteiger charge is 2.09. The van der Waals surface area contributed by atoms with Crippen LogP contribution < -0.4 is 5.32 Å². The molecule has 0 aliphatic carbocycles. The highest BCUT2D eigenvalue weighted by atomic mass is 16.3. The van der Waals surface area contributed by atoms with Gasteiger partial charge in [0.2, 0.25) is 5.91 Å². The zero-order valence-corrected chi connectivity index (χ0v) is 12.1.